The number of hydrogen-bond donors (Lipinski definition) is 0. The molecule has 134 valence electrons. The van der Waals surface area contributed by atoms with Crippen LogP contribution >= 0.6 is 0 Å². The average molecular weight is 356 g/mol. The fourth-order valence-corrected chi connectivity index (χ4v) is 3.44. The third kappa shape index (κ3) is 3.75. The van der Waals surface area contributed by atoms with Crippen LogP contribution in [-0.2, 0) is 17.8 Å². The largest absolute Gasteiger partial charge is 0.330 e. The van der Waals surface area contributed by atoms with Crippen molar-refractivity contribution in [2.75, 3.05) is 11.4 Å². The van der Waals surface area contributed by atoms with E-state index in [9.17, 15) is 4.79 Å². The Morgan fingerprint density at radius 1 is 1.04 bits per heavy atom. The van der Waals surface area contributed by atoms with Gasteiger partial charge in [-0.2, -0.15) is 5.26 Å². The van der Waals surface area contributed by atoms with Crippen molar-refractivity contribution < 1.29 is 4.79 Å². The Bertz CT molecular complexity index is 980. The summed E-state index contributed by atoms with van der Waals surface area (Å²) >= 11 is 0. The third-order valence-corrected chi connectivity index (χ3v) is 4.94. The quantitative estimate of drug-likeness (QED) is 0.703. The van der Waals surface area contributed by atoms with Crippen molar-refractivity contribution in [3.05, 3.63) is 83.4 Å². The molecule has 3 aromatic rings. The van der Waals surface area contributed by atoms with E-state index < -0.39 is 0 Å². The minimum Gasteiger partial charge on any atom is -0.330 e. The maximum atomic E-state index is 11.9. The van der Waals surface area contributed by atoms with E-state index in [0.29, 0.717) is 12.0 Å². The second-order valence-corrected chi connectivity index (χ2v) is 6.81. The highest BCUT2D eigenvalue weighted by Gasteiger charge is 2.21. The Morgan fingerprint density at radius 3 is 2.44 bits per heavy atom. The van der Waals surface area contributed by atoms with Crippen LogP contribution in [0.3, 0.4) is 0 Å². The van der Waals surface area contributed by atoms with Crippen molar-refractivity contribution in [3.63, 3.8) is 0 Å². The van der Waals surface area contributed by atoms with Crippen molar-refractivity contribution in [2.24, 2.45) is 0 Å². The molecule has 2 heterocycles. The summed E-state index contributed by atoms with van der Waals surface area (Å²) < 4.78 is 2.13. The number of carbonyl (C=O) groups excluding carboxylic acids is 1. The van der Waals surface area contributed by atoms with E-state index in [2.05, 4.69) is 27.8 Å². The van der Waals surface area contributed by atoms with Crippen LogP contribution in [0.4, 0.5) is 5.69 Å². The lowest BCUT2D eigenvalue weighted by molar-refractivity contribution is -0.117. The van der Waals surface area contributed by atoms with Gasteiger partial charge in [-0.25, -0.2) is 4.98 Å². The Kier molecular flexibility index (Phi) is 4.71. The number of rotatable bonds is 5. The van der Waals surface area contributed by atoms with E-state index in [-0.39, 0.29) is 5.91 Å². The zero-order valence-corrected chi connectivity index (χ0v) is 15.0. The van der Waals surface area contributed by atoms with E-state index in [1.54, 1.807) is 0 Å². The van der Waals surface area contributed by atoms with Gasteiger partial charge in [0.15, 0.2) is 0 Å². The van der Waals surface area contributed by atoms with Gasteiger partial charge >= 0.3 is 0 Å². The lowest BCUT2D eigenvalue weighted by atomic mass is 10.1. The van der Waals surface area contributed by atoms with Crippen molar-refractivity contribution in [1.82, 2.24) is 9.55 Å². The summed E-state index contributed by atoms with van der Waals surface area (Å²) in [6.07, 6.45) is 6.09. The number of anilines is 1. The van der Waals surface area contributed by atoms with Crippen LogP contribution in [0.1, 0.15) is 35.2 Å². The number of carbonyl (C=O) groups is 1. The zero-order valence-electron chi connectivity index (χ0n) is 15.0. The van der Waals surface area contributed by atoms with Crippen molar-refractivity contribution in [1.29, 1.82) is 5.26 Å². The molecule has 5 heteroatoms. The highest BCUT2D eigenvalue weighted by atomic mass is 16.2. The lowest BCUT2D eigenvalue weighted by Gasteiger charge is -2.16. The van der Waals surface area contributed by atoms with Crippen molar-refractivity contribution in [2.45, 2.75) is 25.8 Å². The minimum atomic E-state index is 0.210. The van der Waals surface area contributed by atoms with Gasteiger partial charge in [-0.05, 0) is 41.8 Å². The highest BCUT2D eigenvalue weighted by molar-refractivity contribution is 5.95. The lowest BCUT2D eigenvalue weighted by Crippen LogP contribution is -2.23. The molecule has 0 aliphatic carbocycles. The van der Waals surface area contributed by atoms with Crippen LogP contribution in [-0.4, -0.2) is 22.0 Å². The molecule has 4 rings (SSSR count). The maximum absolute atomic E-state index is 11.9. The fourth-order valence-electron chi connectivity index (χ4n) is 3.44. The summed E-state index contributed by atoms with van der Waals surface area (Å²) in [6, 6.07) is 18.0. The number of nitrogens with zero attached hydrogens (tertiary/aromatic N) is 4. The van der Waals surface area contributed by atoms with E-state index in [1.807, 2.05) is 53.8 Å². The van der Waals surface area contributed by atoms with Gasteiger partial charge in [0.25, 0.3) is 0 Å². The Balaban J connectivity index is 1.46. The molecule has 1 aliphatic rings. The molecular weight excluding hydrogens is 336 g/mol. The third-order valence-electron chi connectivity index (χ3n) is 4.94. The molecule has 0 atom stereocenters. The molecule has 0 N–H and O–H groups in total. The summed E-state index contributed by atoms with van der Waals surface area (Å²) in [4.78, 5) is 18.0. The first-order valence-corrected chi connectivity index (χ1v) is 9.10. The van der Waals surface area contributed by atoms with E-state index in [0.717, 1.165) is 42.9 Å². The van der Waals surface area contributed by atoms with Crippen LogP contribution < -0.4 is 4.90 Å². The normalized spacial score (nSPS) is 13.7. The Labute approximate surface area is 158 Å². The molecule has 5 nitrogen and oxygen atoms in total. The number of nitriles is 1. The monoisotopic (exact) mass is 356 g/mol. The second kappa shape index (κ2) is 7.46. The van der Waals surface area contributed by atoms with Gasteiger partial charge in [0.2, 0.25) is 5.91 Å². The summed E-state index contributed by atoms with van der Waals surface area (Å²) in [7, 11) is 0. The molecule has 1 amide bonds. The molecule has 2 aromatic carbocycles. The van der Waals surface area contributed by atoms with Crippen molar-refractivity contribution >= 4 is 11.6 Å². The average Bonchev–Trinajstić information content (AvgIpc) is 3.32. The molecule has 1 aliphatic heterocycles. The van der Waals surface area contributed by atoms with Crippen LogP contribution in [0, 0.1) is 11.3 Å². The molecule has 1 fully saturated rings. The van der Waals surface area contributed by atoms with Crippen molar-refractivity contribution in [3.8, 4) is 6.07 Å². The predicted octanol–water partition coefficient (Wildman–Crippen LogP) is 3.52. The van der Waals surface area contributed by atoms with E-state index >= 15 is 0 Å². The van der Waals surface area contributed by atoms with Gasteiger partial charge in [0.1, 0.15) is 0 Å². The minimum absolute atomic E-state index is 0.210. The summed E-state index contributed by atoms with van der Waals surface area (Å²) in [5, 5.41) is 8.91. The first kappa shape index (κ1) is 17.0. The molecule has 1 saturated heterocycles. The van der Waals surface area contributed by atoms with Crippen LogP contribution in [0.5, 0.6) is 0 Å². The molecule has 27 heavy (non-hydrogen) atoms. The molecular formula is C22H20N4O. The summed E-state index contributed by atoms with van der Waals surface area (Å²) in [6.45, 7) is 1.55. The number of aromatic nitrogens is 2. The van der Waals surface area contributed by atoms with E-state index in [1.165, 1.54) is 5.56 Å². The van der Waals surface area contributed by atoms with Gasteiger partial charge in [0, 0.05) is 43.5 Å². The molecule has 0 bridgehead atoms. The summed E-state index contributed by atoms with van der Waals surface area (Å²) in [5.41, 5.74) is 5.09. The smallest absolute Gasteiger partial charge is 0.227 e. The number of imidazole rings is 1. The first-order chi connectivity index (χ1) is 13.2. The molecule has 0 saturated carbocycles. The van der Waals surface area contributed by atoms with Gasteiger partial charge in [-0.3, -0.25) is 4.79 Å². The highest BCUT2D eigenvalue weighted by Crippen LogP contribution is 2.22. The van der Waals surface area contributed by atoms with Crippen LogP contribution in [0.25, 0.3) is 0 Å². The zero-order chi connectivity index (χ0) is 18.6. The maximum Gasteiger partial charge on any atom is 0.227 e. The molecule has 0 spiro atoms. The number of benzene rings is 2. The van der Waals surface area contributed by atoms with Gasteiger partial charge in [-0.1, -0.05) is 24.3 Å². The van der Waals surface area contributed by atoms with Gasteiger partial charge in [-0.15, -0.1) is 0 Å². The first-order valence-electron chi connectivity index (χ1n) is 9.10. The summed E-state index contributed by atoms with van der Waals surface area (Å²) in [5.74, 6) is 0.210. The second-order valence-electron chi connectivity index (χ2n) is 6.81. The topological polar surface area (TPSA) is 61.9 Å². The molecule has 0 radical (unpaired) electrons. The van der Waals surface area contributed by atoms with Crippen LogP contribution in [0.15, 0.2) is 61.1 Å². The predicted molar refractivity (Wildman–Crippen MR) is 103 cm³/mol. The SMILES string of the molecule is N#Cc1ccc(Cc2cncn2Cc2ccc(N3CCCC3=O)cc2)cc1. The van der Waals surface area contributed by atoms with Gasteiger partial charge in [0.05, 0.1) is 18.0 Å². The number of amides is 1. The molecule has 1 aromatic heterocycles. The van der Waals surface area contributed by atoms with Crippen LogP contribution in [0.2, 0.25) is 0 Å². The number of hydrogen-bond acceptors (Lipinski definition) is 3. The van der Waals surface area contributed by atoms with Gasteiger partial charge < -0.3 is 9.47 Å². The Hall–Kier alpha value is -3.39. The van der Waals surface area contributed by atoms with E-state index in [4.69, 9.17) is 5.26 Å². The molecule has 0 unspecified atom stereocenters. The Morgan fingerprint density at radius 2 is 1.78 bits per heavy atom. The standard InChI is InChI=1S/C22H20N4O/c23-13-18-5-3-17(4-6-18)12-21-14-24-16-25(21)15-19-7-9-20(10-8-19)26-11-1-2-22(26)27/h3-10,14,16H,1-2,11-12,15H2. The fraction of sp³-hybridized carbons (Fsp3) is 0.227.